The van der Waals surface area contributed by atoms with Crippen LogP contribution < -0.4 is 10.2 Å². The van der Waals surface area contributed by atoms with E-state index in [1.54, 1.807) is 4.31 Å². The Morgan fingerprint density at radius 3 is 2.52 bits per heavy atom. The first kappa shape index (κ1) is 18.4. The summed E-state index contributed by atoms with van der Waals surface area (Å²) in [7, 11) is -3.09. The number of anilines is 2. The summed E-state index contributed by atoms with van der Waals surface area (Å²) in [5.74, 6) is 1.89. The van der Waals surface area contributed by atoms with Gasteiger partial charge in [0.15, 0.2) is 0 Å². The Hall–Kier alpha value is -1.93. The fourth-order valence-electron chi connectivity index (χ4n) is 4.03. The lowest BCUT2D eigenvalue weighted by molar-refractivity contribution is 0.331. The molecular formula is C19H27N5O2S. The molecule has 2 aromatic heterocycles. The summed E-state index contributed by atoms with van der Waals surface area (Å²) in [4.78, 5) is 11.6. The van der Waals surface area contributed by atoms with Crippen LogP contribution in [0.2, 0.25) is 0 Å². The van der Waals surface area contributed by atoms with Gasteiger partial charge in [0.05, 0.1) is 6.26 Å². The quantitative estimate of drug-likeness (QED) is 0.865. The summed E-state index contributed by atoms with van der Waals surface area (Å²) >= 11 is 0. The number of rotatable bonds is 4. The van der Waals surface area contributed by atoms with Crippen LogP contribution in [0.5, 0.6) is 0 Å². The third kappa shape index (κ3) is 4.16. The van der Waals surface area contributed by atoms with E-state index in [1.807, 2.05) is 18.5 Å². The first-order valence-corrected chi connectivity index (χ1v) is 11.6. The molecule has 146 valence electrons. The Morgan fingerprint density at radius 1 is 1.07 bits per heavy atom. The van der Waals surface area contributed by atoms with Gasteiger partial charge >= 0.3 is 0 Å². The minimum Gasteiger partial charge on any atom is -0.367 e. The summed E-state index contributed by atoms with van der Waals surface area (Å²) < 4.78 is 24.9. The zero-order valence-electron chi connectivity index (χ0n) is 15.8. The van der Waals surface area contributed by atoms with Crippen LogP contribution in [0.15, 0.2) is 24.5 Å². The highest BCUT2D eigenvalue weighted by Crippen LogP contribution is 2.28. The molecule has 0 amide bonds. The fraction of sp³-hybridized carbons (Fsp3) is 0.579. The molecule has 0 spiro atoms. The largest absolute Gasteiger partial charge is 0.367 e. The Morgan fingerprint density at radius 2 is 1.81 bits per heavy atom. The van der Waals surface area contributed by atoms with E-state index in [1.165, 1.54) is 25.5 Å². The van der Waals surface area contributed by atoms with Gasteiger partial charge < -0.3 is 10.2 Å². The molecule has 2 fully saturated rings. The number of fused-ring (bicyclic) bond motifs is 1. The van der Waals surface area contributed by atoms with Gasteiger partial charge in [0.1, 0.15) is 11.6 Å². The van der Waals surface area contributed by atoms with E-state index in [-0.39, 0.29) is 6.04 Å². The van der Waals surface area contributed by atoms with Crippen molar-refractivity contribution < 1.29 is 8.42 Å². The molecule has 0 atom stereocenters. The van der Waals surface area contributed by atoms with Gasteiger partial charge in [0.2, 0.25) is 10.0 Å². The van der Waals surface area contributed by atoms with Crippen molar-refractivity contribution in [3.63, 3.8) is 0 Å². The third-order valence-corrected chi connectivity index (χ3v) is 6.86. The minimum atomic E-state index is -3.09. The van der Waals surface area contributed by atoms with Crippen molar-refractivity contribution in [3.05, 3.63) is 24.5 Å². The molecule has 2 aliphatic heterocycles. The van der Waals surface area contributed by atoms with Gasteiger partial charge in [-0.15, -0.1) is 0 Å². The number of hydrogen-bond donors (Lipinski definition) is 1. The van der Waals surface area contributed by atoms with Crippen molar-refractivity contribution in [1.29, 1.82) is 0 Å². The Labute approximate surface area is 160 Å². The van der Waals surface area contributed by atoms with E-state index in [9.17, 15) is 8.42 Å². The summed E-state index contributed by atoms with van der Waals surface area (Å²) in [6.07, 6.45) is 10.3. The predicted molar refractivity (Wildman–Crippen MR) is 109 cm³/mol. The standard InChI is InChI=1S/C19H27N5O2S/c1-27(25,26)24-11-6-16(7-12-24)22-18-13-17-15(14-21-18)5-8-20-19(17)23-9-3-2-4-10-23/h5,8,13-14,16H,2-4,6-7,9-12H2,1H3,(H,21,22). The first-order valence-electron chi connectivity index (χ1n) is 9.72. The molecule has 7 nitrogen and oxygen atoms in total. The zero-order valence-corrected chi connectivity index (χ0v) is 16.6. The van der Waals surface area contributed by atoms with E-state index in [2.05, 4.69) is 26.3 Å². The van der Waals surface area contributed by atoms with Crippen LogP contribution in [-0.2, 0) is 10.0 Å². The van der Waals surface area contributed by atoms with Crippen molar-refractivity contribution in [2.24, 2.45) is 0 Å². The van der Waals surface area contributed by atoms with E-state index in [4.69, 9.17) is 0 Å². The van der Waals surface area contributed by atoms with Gasteiger partial charge in [-0.2, -0.15) is 0 Å². The SMILES string of the molecule is CS(=O)(=O)N1CCC(Nc2cc3c(N4CCCCC4)nccc3cn2)CC1. The lowest BCUT2D eigenvalue weighted by Gasteiger charge is -2.31. The molecule has 0 aliphatic carbocycles. The highest BCUT2D eigenvalue weighted by Gasteiger charge is 2.25. The van der Waals surface area contributed by atoms with Gasteiger partial charge in [0.25, 0.3) is 0 Å². The molecule has 0 saturated carbocycles. The van der Waals surface area contributed by atoms with Crippen molar-refractivity contribution >= 4 is 32.4 Å². The second-order valence-electron chi connectivity index (χ2n) is 7.55. The van der Waals surface area contributed by atoms with Crippen LogP contribution in [0.25, 0.3) is 10.8 Å². The minimum absolute atomic E-state index is 0.239. The average molecular weight is 390 g/mol. The Kier molecular flexibility index (Phi) is 5.19. The van der Waals surface area contributed by atoms with Crippen molar-refractivity contribution in [3.8, 4) is 0 Å². The summed E-state index contributed by atoms with van der Waals surface area (Å²) in [6, 6.07) is 4.34. The molecule has 27 heavy (non-hydrogen) atoms. The van der Waals surface area contributed by atoms with Crippen molar-refractivity contribution in [1.82, 2.24) is 14.3 Å². The topological polar surface area (TPSA) is 78.4 Å². The predicted octanol–water partition coefficient (Wildman–Crippen LogP) is 2.46. The molecule has 0 bridgehead atoms. The maximum atomic E-state index is 11.7. The van der Waals surface area contributed by atoms with Gasteiger partial charge in [-0.05, 0) is 44.2 Å². The maximum Gasteiger partial charge on any atom is 0.211 e. The van der Waals surface area contributed by atoms with Crippen LogP contribution in [0.4, 0.5) is 11.6 Å². The van der Waals surface area contributed by atoms with E-state index in [0.717, 1.165) is 48.3 Å². The van der Waals surface area contributed by atoms with Crippen LogP contribution in [0.1, 0.15) is 32.1 Å². The average Bonchev–Trinajstić information content (AvgIpc) is 2.68. The fourth-order valence-corrected chi connectivity index (χ4v) is 4.90. The molecule has 2 aliphatic rings. The Bertz CT molecular complexity index is 903. The molecule has 2 saturated heterocycles. The number of piperidine rings is 2. The maximum absolute atomic E-state index is 11.7. The van der Waals surface area contributed by atoms with Crippen molar-refractivity contribution in [2.75, 3.05) is 42.7 Å². The summed E-state index contributed by atoms with van der Waals surface area (Å²) in [5, 5.41) is 5.73. The highest BCUT2D eigenvalue weighted by molar-refractivity contribution is 7.88. The lowest BCUT2D eigenvalue weighted by atomic mass is 10.1. The van der Waals surface area contributed by atoms with Crippen LogP contribution in [-0.4, -0.2) is 61.2 Å². The van der Waals surface area contributed by atoms with E-state index < -0.39 is 10.0 Å². The second kappa shape index (κ2) is 7.59. The smallest absolute Gasteiger partial charge is 0.211 e. The Balaban J connectivity index is 1.51. The number of pyridine rings is 2. The zero-order chi connectivity index (χ0) is 18.9. The molecule has 0 radical (unpaired) electrons. The van der Waals surface area contributed by atoms with Gasteiger partial charge in [-0.1, -0.05) is 0 Å². The lowest BCUT2D eigenvalue weighted by Crippen LogP contribution is -2.41. The summed E-state index contributed by atoms with van der Waals surface area (Å²) in [5.41, 5.74) is 0. The normalized spacial score (nSPS) is 20.1. The van der Waals surface area contributed by atoms with Crippen molar-refractivity contribution in [2.45, 2.75) is 38.1 Å². The van der Waals surface area contributed by atoms with E-state index in [0.29, 0.717) is 13.1 Å². The number of nitrogens with zero attached hydrogens (tertiary/aromatic N) is 4. The molecule has 4 rings (SSSR count). The monoisotopic (exact) mass is 389 g/mol. The van der Waals surface area contributed by atoms with Crippen LogP contribution >= 0.6 is 0 Å². The summed E-state index contributed by atoms with van der Waals surface area (Å²) in [6.45, 7) is 3.23. The molecule has 0 aromatic carbocycles. The number of hydrogen-bond acceptors (Lipinski definition) is 6. The number of aromatic nitrogens is 2. The van der Waals surface area contributed by atoms with E-state index >= 15 is 0 Å². The molecule has 4 heterocycles. The van der Waals surface area contributed by atoms with Gasteiger partial charge in [-0.25, -0.2) is 22.7 Å². The van der Waals surface area contributed by atoms with Gasteiger partial charge in [0, 0.05) is 55.4 Å². The van der Waals surface area contributed by atoms with Crippen LogP contribution in [0.3, 0.4) is 0 Å². The molecule has 0 unspecified atom stereocenters. The highest BCUT2D eigenvalue weighted by atomic mass is 32.2. The van der Waals surface area contributed by atoms with Gasteiger partial charge in [-0.3, -0.25) is 0 Å². The second-order valence-corrected chi connectivity index (χ2v) is 9.54. The first-order chi connectivity index (χ1) is 13.0. The third-order valence-electron chi connectivity index (χ3n) is 5.56. The molecule has 2 aromatic rings. The van der Waals surface area contributed by atoms with Crippen LogP contribution in [0, 0.1) is 0 Å². The number of nitrogens with one attached hydrogen (secondary N) is 1. The number of sulfonamides is 1. The molecule has 8 heteroatoms. The molecular weight excluding hydrogens is 362 g/mol. The molecule has 1 N–H and O–H groups in total.